The van der Waals surface area contributed by atoms with Crippen molar-refractivity contribution in [1.29, 1.82) is 0 Å². The molecular formula is C29H33F6N7O2. The van der Waals surface area contributed by atoms with Crippen LogP contribution < -0.4 is 9.80 Å². The number of hydrogen-bond acceptors (Lipinski definition) is 8. The number of benzene rings is 1. The summed E-state index contributed by atoms with van der Waals surface area (Å²) < 4.78 is 86.4. The summed E-state index contributed by atoms with van der Waals surface area (Å²) in [6, 6.07) is 3.23. The molecular weight excluding hydrogens is 592 g/mol. The number of aryl methyl sites for hydroxylation is 1. The lowest BCUT2D eigenvalue weighted by atomic mass is 10.0. The van der Waals surface area contributed by atoms with Crippen LogP contribution in [0.25, 0.3) is 6.08 Å². The summed E-state index contributed by atoms with van der Waals surface area (Å²) in [6.07, 6.45) is -1.23. The molecule has 0 aliphatic heterocycles. The largest absolute Gasteiger partial charge is 0.466 e. The Labute approximate surface area is 250 Å². The molecule has 4 rings (SSSR count). The number of carbonyl (C=O) groups excluding carboxylic acids is 1. The van der Waals surface area contributed by atoms with Crippen LogP contribution in [0.3, 0.4) is 0 Å². The van der Waals surface area contributed by atoms with Crippen LogP contribution in [0.1, 0.15) is 60.4 Å². The molecule has 0 unspecified atom stereocenters. The third kappa shape index (κ3) is 8.47. The topological polar surface area (TPSA) is 89.3 Å². The molecule has 0 atom stereocenters. The maximum Gasteiger partial charge on any atom is 0.416 e. The number of rotatable bonds is 11. The lowest BCUT2D eigenvalue weighted by Crippen LogP contribution is -2.32. The minimum Gasteiger partial charge on any atom is -0.466 e. The Morgan fingerprint density at radius 2 is 1.68 bits per heavy atom. The van der Waals surface area contributed by atoms with Gasteiger partial charge in [-0.1, -0.05) is 17.9 Å². The van der Waals surface area contributed by atoms with Crippen molar-refractivity contribution in [2.45, 2.75) is 58.0 Å². The van der Waals surface area contributed by atoms with Crippen LogP contribution in [-0.4, -0.2) is 51.4 Å². The summed E-state index contributed by atoms with van der Waals surface area (Å²) in [4.78, 5) is 21.1. The van der Waals surface area contributed by atoms with Gasteiger partial charge in [0.15, 0.2) is 0 Å². The number of carbonyl (C=O) groups is 1. The van der Waals surface area contributed by atoms with E-state index in [1.807, 2.05) is 6.92 Å². The molecule has 1 aliphatic rings. The van der Waals surface area contributed by atoms with Gasteiger partial charge in [-0.15, -0.1) is 5.10 Å². The van der Waals surface area contributed by atoms with E-state index in [4.69, 9.17) is 0 Å². The van der Waals surface area contributed by atoms with E-state index in [2.05, 4.69) is 30.0 Å². The molecule has 1 aliphatic carbocycles. The molecule has 2 heterocycles. The first-order chi connectivity index (χ1) is 20.8. The van der Waals surface area contributed by atoms with E-state index in [0.717, 1.165) is 37.0 Å². The van der Waals surface area contributed by atoms with E-state index < -0.39 is 36.0 Å². The Hall–Kier alpha value is -4.17. The predicted octanol–water partition coefficient (Wildman–Crippen LogP) is 6.05. The Morgan fingerprint density at radius 1 is 1.02 bits per heavy atom. The third-order valence-corrected chi connectivity index (χ3v) is 7.37. The van der Waals surface area contributed by atoms with Crippen molar-refractivity contribution in [3.05, 3.63) is 64.4 Å². The molecule has 9 nitrogen and oxygen atoms in total. The van der Waals surface area contributed by atoms with Crippen LogP contribution in [0, 0.1) is 5.92 Å². The molecule has 238 valence electrons. The van der Waals surface area contributed by atoms with Gasteiger partial charge < -0.3 is 14.5 Å². The van der Waals surface area contributed by atoms with E-state index in [1.54, 1.807) is 12.3 Å². The minimum absolute atomic E-state index is 0.00114. The second kappa shape index (κ2) is 13.6. The zero-order valence-electron chi connectivity index (χ0n) is 24.5. The van der Waals surface area contributed by atoms with Crippen molar-refractivity contribution < 1.29 is 35.9 Å². The molecule has 0 saturated heterocycles. The molecule has 2 aromatic heterocycles. The lowest BCUT2D eigenvalue weighted by molar-refractivity contribution is -0.143. The van der Waals surface area contributed by atoms with Crippen molar-refractivity contribution in [3.63, 3.8) is 0 Å². The van der Waals surface area contributed by atoms with Crippen LogP contribution in [0.4, 0.5) is 38.1 Å². The van der Waals surface area contributed by atoms with Crippen molar-refractivity contribution in [3.8, 4) is 0 Å². The molecule has 0 spiro atoms. The van der Waals surface area contributed by atoms with Gasteiger partial charge in [0.2, 0.25) is 0 Å². The van der Waals surface area contributed by atoms with Crippen LogP contribution in [0.5, 0.6) is 0 Å². The van der Waals surface area contributed by atoms with Crippen molar-refractivity contribution in [2.75, 3.05) is 30.0 Å². The van der Waals surface area contributed by atoms with Crippen LogP contribution in [0.15, 0.2) is 36.5 Å². The number of anilines is 2. The van der Waals surface area contributed by atoms with Crippen LogP contribution >= 0.6 is 0 Å². The highest BCUT2D eigenvalue weighted by Crippen LogP contribution is 2.37. The molecule has 0 amide bonds. The second-order valence-corrected chi connectivity index (χ2v) is 10.6. The normalized spacial score (nSPS) is 14.4. The summed E-state index contributed by atoms with van der Waals surface area (Å²) in [6.45, 7) is 2.90. The van der Waals surface area contributed by atoms with E-state index in [9.17, 15) is 31.1 Å². The third-order valence-electron chi connectivity index (χ3n) is 7.37. The Balaban J connectivity index is 1.78. The standard InChI is InChI=1S/C29H33F6N7O2/c1-4-41(16-19-7-5-6-8-19)26-22(11-20(15-36-26)9-10-25(43)44-3)18-42(27-37-39-40(2)38-27)17-21-12-23(28(30,31)32)14-24(13-21)29(33,34)35/h9-15,19H,4-8,16-18H2,1-3H3. The maximum absolute atomic E-state index is 13.6. The SMILES string of the molecule is CCN(CC1CCCC1)c1ncc(C=CC(=O)OC)cc1CN(Cc1cc(C(F)(F)F)cc(C(F)(F)F)c1)c1nnn(C)n1. The van der Waals surface area contributed by atoms with E-state index in [1.165, 1.54) is 31.2 Å². The number of methoxy groups -OCH3 is 1. The summed E-state index contributed by atoms with van der Waals surface area (Å²) in [5, 5.41) is 12.0. The molecule has 1 aromatic carbocycles. The van der Waals surface area contributed by atoms with Crippen LogP contribution in [0.2, 0.25) is 0 Å². The zero-order chi connectivity index (χ0) is 32.1. The van der Waals surface area contributed by atoms with Gasteiger partial charge in [0.25, 0.3) is 5.95 Å². The number of ether oxygens (including phenoxy) is 1. The van der Waals surface area contributed by atoms with Crippen LogP contribution in [-0.2, 0) is 42.0 Å². The van der Waals surface area contributed by atoms with Gasteiger partial charge in [0.05, 0.1) is 25.3 Å². The fraction of sp³-hybridized carbons (Fsp3) is 0.483. The van der Waals surface area contributed by atoms with Gasteiger partial charge in [0.1, 0.15) is 5.82 Å². The number of pyridine rings is 1. The van der Waals surface area contributed by atoms with Gasteiger partial charge in [-0.2, -0.15) is 31.1 Å². The average molecular weight is 626 g/mol. The van der Waals surface area contributed by atoms with Crippen molar-refractivity contribution in [2.24, 2.45) is 13.0 Å². The van der Waals surface area contributed by atoms with Gasteiger partial charge in [-0.05, 0) is 72.4 Å². The Kier molecular flexibility index (Phi) is 10.1. The maximum atomic E-state index is 13.6. The molecule has 0 N–H and O–H groups in total. The van der Waals surface area contributed by atoms with Gasteiger partial charge >= 0.3 is 18.3 Å². The van der Waals surface area contributed by atoms with Crippen molar-refractivity contribution in [1.82, 2.24) is 25.2 Å². The highest BCUT2D eigenvalue weighted by atomic mass is 19.4. The number of esters is 1. The molecule has 3 aromatic rings. The molecule has 0 radical (unpaired) electrons. The Morgan fingerprint density at radius 3 is 2.23 bits per heavy atom. The van der Waals surface area contributed by atoms with Gasteiger partial charge in [-0.25, -0.2) is 9.78 Å². The first-order valence-corrected chi connectivity index (χ1v) is 14.0. The first kappa shape index (κ1) is 32.7. The molecule has 1 saturated carbocycles. The van der Waals surface area contributed by atoms with Crippen molar-refractivity contribution >= 4 is 23.8 Å². The quantitative estimate of drug-likeness (QED) is 0.145. The summed E-state index contributed by atoms with van der Waals surface area (Å²) in [7, 11) is 2.73. The number of tetrazole rings is 1. The molecule has 1 fully saturated rings. The average Bonchev–Trinajstić information content (AvgIpc) is 3.65. The molecule has 15 heteroatoms. The summed E-state index contributed by atoms with van der Waals surface area (Å²) in [5.74, 6) is 0.483. The van der Waals surface area contributed by atoms with E-state index in [0.29, 0.717) is 41.5 Å². The highest BCUT2D eigenvalue weighted by molar-refractivity contribution is 5.87. The van der Waals surface area contributed by atoms with E-state index in [-0.39, 0.29) is 24.1 Å². The summed E-state index contributed by atoms with van der Waals surface area (Å²) >= 11 is 0. The summed E-state index contributed by atoms with van der Waals surface area (Å²) in [5.41, 5.74) is -1.93. The molecule has 44 heavy (non-hydrogen) atoms. The lowest BCUT2D eigenvalue weighted by Gasteiger charge is -2.29. The Bertz CT molecular complexity index is 1430. The van der Waals surface area contributed by atoms with E-state index >= 15 is 0 Å². The van der Waals surface area contributed by atoms with Gasteiger partial charge in [0, 0.05) is 44.0 Å². The fourth-order valence-corrected chi connectivity index (χ4v) is 5.25. The molecule has 0 bridgehead atoms. The number of hydrogen-bond donors (Lipinski definition) is 0. The monoisotopic (exact) mass is 625 g/mol. The predicted molar refractivity (Wildman–Crippen MR) is 150 cm³/mol. The highest BCUT2D eigenvalue weighted by Gasteiger charge is 2.37. The number of aromatic nitrogens is 5. The number of alkyl halides is 6. The number of halogens is 6. The smallest absolute Gasteiger partial charge is 0.416 e. The van der Waals surface area contributed by atoms with Gasteiger partial charge in [-0.3, -0.25) is 0 Å². The zero-order valence-corrected chi connectivity index (χ0v) is 24.5. The first-order valence-electron chi connectivity index (χ1n) is 14.0. The second-order valence-electron chi connectivity index (χ2n) is 10.6. The fourth-order valence-electron chi connectivity index (χ4n) is 5.25. The minimum atomic E-state index is -5.00. The number of nitrogens with zero attached hydrogens (tertiary/aromatic N) is 7.